The van der Waals surface area contributed by atoms with Crippen LogP contribution in [0.15, 0.2) is 22.7 Å². The molecule has 1 fully saturated rings. The lowest BCUT2D eigenvalue weighted by Crippen LogP contribution is -2.38. The Morgan fingerprint density at radius 1 is 1.56 bits per heavy atom. The van der Waals surface area contributed by atoms with E-state index in [1.165, 1.54) is 18.6 Å². The number of piperidine rings is 1. The van der Waals surface area contributed by atoms with E-state index in [4.69, 9.17) is 0 Å². The third kappa shape index (κ3) is 3.53. The van der Waals surface area contributed by atoms with E-state index in [9.17, 15) is 9.50 Å². The maximum Gasteiger partial charge on any atom is 0.124 e. The largest absolute Gasteiger partial charge is 0.388 e. The highest BCUT2D eigenvalue weighted by molar-refractivity contribution is 9.10. The Morgan fingerprint density at radius 3 is 3.00 bits per heavy atom. The van der Waals surface area contributed by atoms with E-state index in [0.29, 0.717) is 22.9 Å². The van der Waals surface area contributed by atoms with E-state index < -0.39 is 6.10 Å². The molecule has 0 bridgehead atoms. The number of aliphatic hydroxyl groups is 1. The lowest BCUT2D eigenvalue weighted by Gasteiger charge is -2.30. The Bertz CT molecular complexity index is 413. The SMILES string of the molecule is CC1CCNC(CC(O)c2ccc(F)cc2Br)C1. The van der Waals surface area contributed by atoms with Gasteiger partial charge in [0, 0.05) is 10.5 Å². The van der Waals surface area contributed by atoms with Crippen molar-refractivity contribution in [1.29, 1.82) is 0 Å². The summed E-state index contributed by atoms with van der Waals surface area (Å²) in [5, 5.41) is 13.7. The van der Waals surface area contributed by atoms with Gasteiger partial charge in [-0.15, -0.1) is 0 Å². The molecular formula is C14H19BrFNO. The molecule has 1 aromatic carbocycles. The van der Waals surface area contributed by atoms with Crippen LogP contribution >= 0.6 is 15.9 Å². The van der Waals surface area contributed by atoms with Crippen molar-refractivity contribution in [3.8, 4) is 0 Å². The summed E-state index contributed by atoms with van der Waals surface area (Å²) in [4.78, 5) is 0. The first-order valence-electron chi connectivity index (χ1n) is 6.42. The molecule has 1 aliphatic heterocycles. The second-order valence-electron chi connectivity index (χ2n) is 5.20. The number of nitrogens with one attached hydrogen (secondary N) is 1. The van der Waals surface area contributed by atoms with E-state index in [0.717, 1.165) is 18.5 Å². The molecule has 0 spiro atoms. The summed E-state index contributed by atoms with van der Waals surface area (Å²) in [5.41, 5.74) is 0.761. The predicted molar refractivity (Wildman–Crippen MR) is 73.9 cm³/mol. The van der Waals surface area contributed by atoms with Crippen LogP contribution in [0.5, 0.6) is 0 Å². The number of halogens is 2. The quantitative estimate of drug-likeness (QED) is 0.896. The highest BCUT2D eigenvalue weighted by Gasteiger charge is 2.22. The first-order chi connectivity index (χ1) is 8.56. The topological polar surface area (TPSA) is 32.3 Å². The number of hydrogen-bond acceptors (Lipinski definition) is 2. The fraction of sp³-hybridized carbons (Fsp3) is 0.571. The summed E-state index contributed by atoms with van der Waals surface area (Å²) in [6, 6.07) is 4.78. The number of hydrogen-bond donors (Lipinski definition) is 2. The van der Waals surface area contributed by atoms with E-state index >= 15 is 0 Å². The van der Waals surface area contributed by atoms with Crippen LogP contribution in [0.3, 0.4) is 0 Å². The molecule has 1 heterocycles. The van der Waals surface area contributed by atoms with Crippen LogP contribution in [-0.4, -0.2) is 17.7 Å². The number of aliphatic hydroxyl groups excluding tert-OH is 1. The monoisotopic (exact) mass is 315 g/mol. The van der Waals surface area contributed by atoms with Crippen molar-refractivity contribution in [3.63, 3.8) is 0 Å². The van der Waals surface area contributed by atoms with Crippen LogP contribution in [-0.2, 0) is 0 Å². The van der Waals surface area contributed by atoms with Crippen LogP contribution in [0.4, 0.5) is 4.39 Å². The Kier molecular flexibility index (Phi) is 4.76. The summed E-state index contributed by atoms with van der Waals surface area (Å²) in [6.07, 6.45) is 2.42. The fourth-order valence-corrected chi connectivity index (χ4v) is 3.18. The van der Waals surface area contributed by atoms with Crippen LogP contribution in [0.25, 0.3) is 0 Å². The fourth-order valence-electron chi connectivity index (χ4n) is 2.57. The Labute approximate surface area is 116 Å². The van der Waals surface area contributed by atoms with Crippen molar-refractivity contribution in [3.05, 3.63) is 34.1 Å². The zero-order valence-electron chi connectivity index (χ0n) is 10.5. The zero-order chi connectivity index (χ0) is 13.1. The van der Waals surface area contributed by atoms with Crippen LogP contribution in [0.1, 0.15) is 37.9 Å². The summed E-state index contributed by atoms with van der Waals surface area (Å²) in [5.74, 6) is 0.419. The molecule has 0 aliphatic carbocycles. The van der Waals surface area contributed by atoms with Crippen molar-refractivity contribution in [2.24, 2.45) is 5.92 Å². The molecule has 3 unspecified atom stereocenters. The first-order valence-corrected chi connectivity index (χ1v) is 7.22. The van der Waals surface area contributed by atoms with E-state index in [1.54, 1.807) is 6.07 Å². The van der Waals surface area contributed by atoms with Crippen molar-refractivity contribution in [1.82, 2.24) is 5.32 Å². The van der Waals surface area contributed by atoms with Gasteiger partial charge in [0.1, 0.15) is 5.82 Å². The molecular weight excluding hydrogens is 297 g/mol. The lowest BCUT2D eigenvalue weighted by molar-refractivity contribution is 0.137. The molecule has 0 amide bonds. The van der Waals surface area contributed by atoms with Gasteiger partial charge in [0.05, 0.1) is 6.10 Å². The molecule has 1 saturated heterocycles. The van der Waals surface area contributed by atoms with Gasteiger partial charge in [-0.05, 0) is 49.4 Å². The maximum atomic E-state index is 13.0. The molecule has 1 aliphatic rings. The van der Waals surface area contributed by atoms with Crippen molar-refractivity contribution < 1.29 is 9.50 Å². The van der Waals surface area contributed by atoms with Gasteiger partial charge in [-0.25, -0.2) is 4.39 Å². The molecule has 0 aromatic heterocycles. The summed E-state index contributed by atoms with van der Waals surface area (Å²) in [7, 11) is 0. The minimum atomic E-state index is -0.553. The van der Waals surface area contributed by atoms with Crippen molar-refractivity contribution in [2.75, 3.05) is 6.54 Å². The molecule has 2 rings (SSSR count). The molecule has 100 valence electrons. The van der Waals surface area contributed by atoms with E-state index in [2.05, 4.69) is 28.2 Å². The highest BCUT2D eigenvalue weighted by atomic mass is 79.9. The number of rotatable bonds is 3. The third-order valence-electron chi connectivity index (χ3n) is 3.59. The van der Waals surface area contributed by atoms with Gasteiger partial charge >= 0.3 is 0 Å². The smallest absolute Gasteiger partial charge is 0.124 e. The molecule has 2 N–H and O–H groups in total. The molecule has 1 aromatic rings. The number of benzene rings is 1. The normalized spacial score (nSPS) is 26.0. The molecule has 2 nitrogen and oxygen atoms in total. The second-order valence-corrected chi connectivity index (χ2v) is 6.05. The van der Waals surface area contributed by atoms with E-state index in [1.807, 2.05) is 0 Å². The Balaban J connectivity index is 2.00. The van der Waals surface area contributed by atoms with Gasteiger partial charge in [0.25, 0.3) is 0 Å². The third-order valence-corrected chi connectivity index (χ3v) is 4.27. The van der Waals surface area contributed by atoms with Crippen LogP contribution in [0.2, 0.25) is 0 Å². The molecule has 18 heavy (non-hydrogen) atoms. The van der Waals surface area contributed by atoms with Gasteiger partial charge in [0.15, 0.2) is 0 Å². The first kappa shape index (κ1) is 14.0. The lowest BCUT2D eigenvalue weighted by atomic mass is 9.90. The van der Waals surface area contributed by atoms with Gasteiger partial charge in [-0.1, -0.05) is 28.9 Å². The minimum Gasteiger partial charge on any atom is -0.388 e. The average molecular weight is 316 g/mol. The average Bonchev–Trinajstić information content (AvgIpc) is 2.28. The van der Waals surface area contributed by atoms with Crippen LogP contribution < -0.4 is 5.32 Å². The van der Waals surface area contributed by atoms with Gasteiger partial charge in [0.2, 0.25) is 0 Å². The van der Waals surface area contributed by atoms with Gasteiger partial charge < -0.3 is 10.4 Å². The standard InChI is InChI=1S/C14H19BrFNO/c1-9-4-5-17-11(6-9)8-14(18)12-3-2-10(16)7-13(12)15/h2-3,7,9,11,14,17-18H,4-6,8H2,1H3. The maximum absolute atomic E-state index is 13.0. The summed E-state index contributed by atoms with van der Waals surface area (Å²) < 4.78 is 13.6. The molecule has 0 radical (unpaired) electrons. The van der Waals surface area contributed by atoms with Gasteiger partial charge in [-0.3, -0.25) is 0 Å². The predicted octanol–water partition coefficient (Wildman–Crippen LogP) is 3.40. The molecule has 0 saturated carbocycles. The van der Waals surface area contributed by atoms with Crippen molar-refractivity contribution in [2.45, 2.75) is 38.3 Å². The summed E-state index contributed by atoms with van der Waals surface area (Å²) in [6.45, 7) is 3.26. The Morgan fingerprint density at radius 2 is 2.33 bits per heavy atom. The zero-order valence-corrected chi connectivity index (χ0v) is 12.1. The van der Waals surface area contributed by atoms with Gasteiger partial charge in [-0.2, -0.15) is 0 Å². The van der Waals surface area contributed by atoms with E-state index in [-0.39, 0.29) is 5.82 Å². The molecule has 4 heteroatoms. The van der Waals surface area contributed by atoms with Crippen molar-refractivity contribution >= 4 is 15.9 Å². The second kappa shape index (κ2) is 6.13. The molecule has 3 atom stereocenters. The Hall–Kier alpha value is -0.450. The summed E-state index contributed by atoms with van der Waals surface area (Å²) >= 11 is 3.30. The minimum absolute atomic E-state index is 0.290. The highest BCUT2D eigenvalue weighted by Crippen LogP contribution is 2.29. The van der Waals surface area contributed by atoms with Crippen LogP contribution in [0, 0.1) is 11.7 Å².